The molecule has 1 aromatic rings. The Labute approximate surface area is 82.4 Å². The van der Waals surface area contributed by atoms with E-state index in [1.54, 1.807) is 6.92 Å². The van der Waals surface area contributed by atoms with Crippen molar-refractivity contribution in [3.63, 3.8) is 0 Å². The Morgan fingerprint density at radius 2 is 2.14 bits per heavy atom. The molecule has 1 rings (SSSR count). The van der Waals surface area contributed by atoms with Gasteiger partial charge < -0.3 is 4.98 Å². The van der Waals surface area contributed by atoms with Crippen LogP contribution in [0.2, 0.25) is 0 Å². The highest BCUT2D eigenvalue weighted by Crippen LogP contribution is 2.07. The number of hydrogen-bond acceptors (Lipinski definition) is 3. The largest absolute Gasteiger partial charge is 0.328 e. The lowest BCUT2D eigenvalue weighted by Crippen LogP contribution is -2.31. The molecule has 0 unspecified atom stereocenters. The fourth-order valence-corrected chi connectivity index (χ4v) is 2.17. The van der Waals surface area contributed by atoms with E-state index in [4.69, 9.17) is 0 Å². The lowest BCUT2D eigenvalue weighted by molar-refractivity contribution is 0.485. The van der Waals surface area contributed by atoms with Gasteiger partial charge in [0.1, 0.15) is 4.90 Å². The zero-order chi connectivity index (χ0) is 10.8. The molecule has 0 aliphatic heterocycles. The average Bonchev–Trinajstić information content (AvgIpc) is 2.17. The van der Waals surface area contributed by atoms with Crippen molar-refractivity contribution in [2.45, 2.75) is 11.8 Å². The molecule has 0 fully saturated rings. The molecule has 1 N–H and O–H groups in total. The first-order valence-electron chi connectivity index (χ1n) is 4.14. The van der Waals surface area contributed by atoms with Gasteiger partial charge in [-0.3, -0.25) is 4.79 Å². The zero-order valence-electron chi connectivity index (χ0n) is 8.02. The van der Waals surface area contributed by atoms with Crippen molar-refractivity contribution in [3.8, 4) is 0 Å². The van der Waals surface area contributed by atoms with Crippen LogP contribution in [0.3, 0.4) is 0 Å². The smallest absolute Gasteiger partial charge is 0.268 e. The quantitative estimate of drug-likeness (QED) is 0.774. The van der Waals surface area contributed by atoms with Gasteiger partial charge in [0.05, 0.1) is 0 Å². The molecule has 0 saturated carbocycles. The Balaban J connectivity index is 3.32. The summed E-state index contributed by atoms with van der Waals surface area (Å²) in [5, 5.41) is 0. The number of H-pyrrole nitrogens is 1. The molecule has 5 nitrogen and oxygen atoms in total. The van der Waals surface area contributed by atoms with Gasteiger partial charge in [0, 0.05) is 19.8 Å². The summed E-state index contributed by atoms with van der Waals surface area (Å²) in [6.07, 6.45) is 1.40. The van der Waals surface area contributed by atoms with Gasteiger partial charge in [-0.15, -0.1) is 0 Å². The summed E-state index contributed by atoms with van der Waals surface area (Å²) in [5.41, 5.74) is -0.590. The summed E-state index contributed by atoms with van der Waals surface area (Å²) in [7, 11) is -2.20. The Hall–Kier alpha value is -1.14. The fourth-order valence-electron chi connectivity index (χ4n) is 0.947. The molecule has 6 heteroatoms. The van der Waals surface area contributed by atoms with Crippen molar-refractivity contribution >= 4 is 10.0 Å². The summed E-state index contributed by atoms with van der Waals surface area (Å²) in [6, 6.07) is 2.78. The minimum Gasteiger partial charge on any atom is -0.328 e. The Morgan fingerprint density at radius 1 is 1.50 bits per heavy atom. The summed E-state index contributed by atoms with van der Waals surface area (Å²) < 4.78 is 24.5. The van der Waals surface area contributed by atoms with E-state index in [0.29, 0.717) is 6.54 Å². The molecule has 1 heterocycles. The minimum atomic E-state index is -3.63. The van der Waals surface area contributed by atoms with Gasteiger partial charge >= 0.3 is 0 Å². The number of rotatable bonds is 3. The molecule has 0 amide bonds. The summed E-state index contributed by atoms with van der Waals surface area (Å²) in [4.78, 5) is 13.3. The Kier molecular flexibility index (Phi) is 3.07. The molecule has 0 radical (unpaired) electrons. The maximum absolute atomic E-state index is 11.7. The summed E-state index contributed by atoms with van der Waals surface area (Å²) in [5.74, 6) is 0. The molecule has 78 valence electrons. The van der Waals surface area contributed by atoms with Crippen LogP contribution in [0.4, 0.5) is 0 Å². The minimum absolute atomic E-state index is 0.218. The predicted molar refractivity (Wildman–Crippen MR) is 52.6 cm³/mol. The van der Waals surface area contributed by atoms with Crippen LogP contribution in [0, 0.1) is 0 Å². The molecule has 0 bridgehead atoms. The number of aromatic amines is 1. The highest BCUT2D eigenvalue weighted by Gasteiger charge is 2.21. The van der Waals surface area contributed by atoms with Gasteiger partial charge in [-0.1, -0.05) is 6.92 Å². The number of nitrogens with one attached hydrogen (secondary N) is 1. The molecule has 0 aliphatic carbocycles. The third-order valence-electron chi connectivity index (χ3n) is 1.92. The second-order valence-corrected chi connectivity index (χ2v) is 4.80. The van der Waals surface area contributed by atoms with E-state index >= 15 is 0 Å². The summed E-state index contributed by atoms with van der Waals surface area (Å²) in [6.45, 7) is 2.03. The molecule has 0 spiro atoms. The van der Waals surface area contributed by atoms with E-state index in [-0.39, 0.29) is 4.90 Å². The lowest BCUT2D eigenvalue weighted by Gasteiger charge is -2.13. The van der Waals surface area contributed by atoms with Crippen LogP contribution in [0.1, 0.15) is 6.92 Å². The van der Waals surface area contributed by atoms with E-state index in [1.165, 1.54) is 25.4 Å². The fraction of sp³-hybridized carbons (Fsp3) is 0.375. The van der Waals surface area contributed by atoms with E-state index < -0.39 is 15.6 Å². The average molecular weight is 216 g/mol. The Morgan fingerprint density at radius 3 is 2.64 bits per heavy atom. The molecule has 1 aromatic heterocycles. The Bertz CT molecular complexity index is 463. The van der Waals surface area contributed by atoms with Crippen LogP contribution in [-0.4, -0.2) is 31.3 Å². The number of nitrogens with zero attached hydrogens (tertiary/aromatic N) is 1. The highest BCUT2D eigenvalue weighted by atomic mass is 32.2. The lowest BCUT2D eigenvalue weighted by atomic mass is 10.5. The van der Waals surface area contributed by atoms with Gasteiger partial charge in [0.2, 0.25) is 10.0 Å². The van der Waals surface area contributed by atoms with Crippen LogP contribution < -0.4 is 5.56 Å². The molecular formula is C8H12N2O3S. The standard InChI is InChI=1S/C8H12N2O3S/c1-3-10(2)14(12,13)7-5-4-6-9-8(7)11/h4-6H,3H2,1-2H3,(H,9,11). The van der Waals surface area contributed by atoms with E-state index in [2.05, 4.69) is 4.98 Å². The second-order valence-electron chi connectivity index (χ2n) is 2.78. The van der Waals surface area contributed by atoms with Gasteiger partial charge in [0.15, 0.2) is 0 Å². The molecule has 0 aromatic carbocycles. The molecule has 0 aliphatic rings. The zero-order valence-corrected chi connectivity index (χ0v) is 8.84. The van der Waals surface area contributed by atoms with Crippen LogP contribution in [0.15, 0.2) is 28.0 Å². The van der Waals surface area contributed by atoms with E-state index in [0.717, 1.165) is 4.31 Å². The number of hydrogen-bond donors (Lipinski definition) is 1. The van der Waals surface area contributed by atoms with Gasteiger partial charge in [-0.25, -0.2) is 12.7 Å². The maximum Gasteiger partial charge on any atom is 0.268 e. The first-order valence-corrected chi connectivity index (χ1v) is 5.58. The van der Waals surface area contributed by atoms with Crippen LogP contribution >= 0.6 is 0 Å². The van der Waals surface area contributed by atoms with Crippen molar-refractivity contribution in [1.29, 1.82) is 0 Å². The van der Waals surface area contributed by atoms with Crippen molar-refractivity contribution in [1.82, 2.24) is 9.29 Å². The normalized spacial score (nSPS) is 11.9. The number of sulfonamides is 1. The monoisotopic (exact) mass is 216 g/mol. The second kappa shape index (κ2) is 3.93. The maximum atomic E-state index is 11.7. The predicted octanol–water partition coefficient (Wildman–Crippen LogP) is 0.0153. The van der Waals surface area contributed by atoms with Gasteiger partial charge in [-0.05, 0) is 12.1 Å². The van der Waals surface area contributed by atoms with Crippen LogP contribution in [0.25, 0.3) is 0 Å². The van der Waals surface area contributed by atoms with E-state index in [1.807, 2.05) is 0 Å². The SMILES string of the molecule is CCN(C)S(=O)(=O)c1ccc[nH]c1=O. The third kappa shape index (κ3) is 1.85. The molecule has 0 saturated heterocycles. The first-order chi connectivity index (χ1) is 6.50. The van der Waals surface area contributed by atoms with Crippen LogP contribution in [-0.2, 0) is 10.0 Å². The third-order valence-corrected chi connectivity index (χ3v) is 3.87. The van der Waals surface area contributed by atoms with E-state index in [9.17, 15) is 13.2 Å². The highest BCUT2D eigenvalue weighted by molar-refractivity contribution is 7.89. The molecular weight excluding hydrogens is 204 g/mol. The number of pyridine rings is 1. The van der Waals surface area contributed by atoms with Crippen molar-refractivity contribution in [3.05, 3.63) is 28.7 Å². The van der Waals surface area contributed by atoms with Gasteiger partial charge in [0.25, 0.3) is 5.56 Å². The topological polar surface area (TPSA) is 70.2 Å². The van der Waals surface area contributed by atoms with Crippen molar-refractivity contribution in [2.24, 2.45) is 0 Å². The van der Waals surface area contributed by atoms with Crippen molar-refractivity contribution in [2.75, 3.05) is 13.6 Å². The summed E-state index contributed by atoms with van der Waals surface area (Å²) >= 11 is 0. The van der Waals surface area contributed by atoms with Crippen molar-refractivity contribution < 1.29 is 8.42 Å². The first kappa shape index (κ1) is 10.9. The molecule has 14 heavy (non-hydrogen) atoms. The van der Waals surface area contributed by atoms with Gasteiger partial charge in [-0.2, -0.15) is 0 Å². The molecule has 0 atom stereocenters. The van der Waals surface area contributed by atoms with Crippen LogP contribution in [0.5, 0.6) is 0 Å². The number of aromatic nitrogens is 1.